The van der Waals surface area contributed by atoms with E-state index in [0.29, 0.717) is 10.7 Å². The lowest BCUT2D eigenvalue weighted by molar-refractivity contribution is 0.0914. The Balaban J connectivity index is 2.89. The Labute approximate surface area is 125 Å². The number of carbonyl (C=O) groups is 1. The molecule has 0 unspecified atom stereocenters. The number of anilines is 2. The number of thiazole rings is 1. The van der Waals surface area contributed by atoms with Crippen molar-refractivity contribution in [2.45, 2.75) is 53.0 Å². The van der Waals surface area contributed by atoms with Crippen LogP contribution in [0.15, 0.2) is 0 Å². The molecule has 0 aliphatic heterocycles. The summed E-state index contributed by atoms with van der Waals surface area (Å²) in [6, 6.07) is 0. The Morgan fingerprint density at radius 2 is 1.95 bits per heavy atom. The summed E-state index contributed by atoms with van der Waals surface area (Å²) in [5.41, 5.74) is 5.67. The summed E-state index contributed by atoms with van der Waals surface area (Å²) in [5.74, 6) is 0.193. The van der Waals surface area contributed by atoms with Crippen LogP contribution < -0.4 is 16.0 Å². The van der Waals surface area contributed by atoms with Crippen molar-refractivity contribution in [3.63, 3.8) is 0 Å². The lowest BCUT2D eigenvalue weighted by Crippen LogP contribution is -2.43. The van der Waals surface area contributed by atoms with Gasteiger partial charge in [0, 0.05) is 18.6 Å². The number of nitrogens with one attached hydrogen (secondary N) is 1. The van der Waals surface area contributed by atoms with Crippen molar-refractivity contribution < 1.29 is 4.79 Å². The minimum Gasteiger partial charge on any atom is -0.382 e. The molecule has 0 fully saturated rings. The van der Waals surface area contributed by atoms with Crippen LogP contribution in [-0.4, -0.2) is 29.5 Å². The maximum atomic E-state index is 12.3. The Morgan fingerprint density at radius 3 is 2.45 bits per heavy atom. The molecule has 1 rings (SSSR count). The van der Waals surface area contributed by atoms with E-state index in [2.05, 4.69) is 36.0 Å². The highest BCUT2D eigenvalue weighted by molar-refractivity contribution is 7.18. The van der Waals surface area contributed by atoms with Crippen LogP contribution in [0.4, 0.5) is 10.9 Å². The third-order valence-electron chi connectivity index (χ3n) is 3.21. The minimum absolute atomic E-state index is 0.128. The second-order valence-electron chi connectivity index (χ2n) is 5.47. The van der Waals surface area contributed by atoms with Crippen molar-refractivity contribution in [3.8, 4) is 0 Å². The van der Waals surface area contributed by atoms with Crippen molar-refractivity contribution in [3.05, 3.63) is 4.88 Å². The fourth-order valence-corrected chi connectivity index (χ4v) is 3.17. The minimum atomic E-state index is -0.225. The standard InChI is InChI=1S/C14H26N4OS/c1-6-9-14(4,5)17-12(19)10-11(15)16-13(20-10)18(7-2)8-3/h6-9,15H2,1-5H3,(H,17,19). The zero-order chi connectivity index (χ0) is 15.3. The van der Waals surface area contributed by atoms with E-state index in [1.807, 2.05) is 13.8 Å². The third-order valence-corrected chi connectivity index (χ3v) is 4.34. The molecule has 114 valence electrons. The number of carbonyl (C=O) groups excluding carboxylic acids is 1. The second-order valence-corrected chi connectivity index (χ2v) is 6.45. The summed E-state index contributed by atoms with van der Waals surface area (Å²) in [5, 5.41) is 3.85. The number of aromatic nitrogens is 1. The molecular weight excluding hydrogens is 272 g/mol. The van der Waals surface area contributed by atoms with Crippen molar-refractivity contribution in [1.29, 1.82) is 0 Å². The quantitative estimate of drug-likeness (QED) is 0.812. The smallest absolute Gasteiger partial charge is 0.265 e. The summed E-state index contributed by atoms with van der Waals surface area (Å²) in [6.45, 7) is 12.0. The van der Waals surface area contributed by atoms with Crippen LogP contribution in [0.3, 0.4) is 0 Å². The van der Waals surface area contributed by atoms with Gasteiger partial charge in [0.2, 0.25) is 0 Å². The average Bonchev–Trinajstić information content (AvgIpc) is 2.72. The molecule has 5 nitrogen and oxygen atoms in total. The number of hydrogen-bond acceptors (Lipinski definition) is 5. The van der Waals surface area contributed by atoms with Gasteiger partial charge < -0.3 is 16.0 Å². The molecule has 0 aromatic carbocycles. The molecule has 1 amide bonds. The molecule has 1 heterocycles. The van der Waals surface area contributed by atoms with Crippen molar-refractivity contribution in [2.75, 3.05) is 23.7 Å². The van der Waals surface area contributed by atoms with Gasteiger partial charge in [-0.15, -0.1) is 0 Å². The van der Waals surface area contributed by atoms with Crippen LogP contribution in [0, 0.1) is 0 Å². The Kier molecular flexibility index (Phi) is 5.80. The molecule has 0 saturated heterocycles. The van der Waals surface area contributed by atoms with Gasteiger partial charge in [-0.25, -0.2) is 4.98 Å². The predicted molar refractivity (Wildman–Crippen MR) is 86.5 cm³/mol. The highest BCUT2D eigenvalue weighted by Gasteiger charge is 2.24. The van der Waals surface area contributed by atoms with Crippen molar-refractivity contribution in [1.82, 2.24) is 10.3 Å². The van der Waals surface area contributed by atoms with E-state index in [0.717, 1.165) is 31.1 Å². The molecule has 1 aromatic heterocycles. The average molecular weight is 298 g/mol. The van der Waals surface area contributed by atoms with Gasteiger partial charge in [0.05, 0.1) is 0 Å². The van der Waals surface area contributed by atoms with Gasteiger partial charge in [0.15, 0.2) is 5.13 Å². The van der Waals surface area contributed by atoms with Gasteiger partial charge in [-0.1, -0.05) is 24.7 Å². The van der Waals surface area contributed by atoms with E-state index in [-0.39, 0.29) is 11.4 Å². The van der Waals surface area contributed by atoms with E-state index < -0.39 is 0 Å². The fraction of sp³-hybridized carbons (Fsp3) is 0.714. The summed E-state index contributed by atoms with van der Waals surface area (Å²) in [4.78, 5) is 19.2. The van der Waals surface area contributed by atoms with E-state index in [9.17, 15) is 4.79 Å². The van der Waals surface area contributed by atoms with Gasteiger partial charge in [0.25, 0.3) is 5.91 Å². The zero-order valence-electron chi connectivity index (χ0n) is 13.1. The van der Waals surface area contributed by atoms with Gasteiger partial charge in [-0.2, -0.15) is 0 Å². The Morgan fingerprint density at radius 1 is 1.35 bits per heavy atom. The van der Waals surface area contributed by atoms with Crippen molar-refractivity contribution in [2.24, 2.45) is 0 Å². The van der Waals surface area contributed by atoms with Crippen LogP contribution in [0.5, 0.6) is 0 Å². The van der Waals surface area contributed by atoms with Crippen LogP contribution in [0.1, 0.15) is 57.1 Å². The lowest BCUT2D eigenvalue weighted by Gasteiger charge is -2.25. The van der Waals surface area contributed by atoms with Gasteiger partial charge >= 0.3 is 0 Å². The zero-order valence-corrected chi connectivity index (χ0v) is 13.9. The van der Waals surface area contributed by atoms with E-state index in [1.54, 1.807) is 0 Å². The molecule has 0 aliphatic carbocycles. The first kappa shape index (κ1) is 16.8. The molecule has 3 N–H and O–H groups in total. The summed E-state index contributed by atoms with van der Waals surface area (Å²) < 4.78 is 0. The molecular formula is C14H26N4OS. The third kappa shape index (κ3) is 4.10. The number of rotatable bonds is 7. The molecule has 1 aromatic rings. The van der Waals surface area contributed by atoms with Crippen LogP contribution >= 0.6 is 11.3 Å². The van der Waals surface area contributed by atoms with Crippen molar-refractivity contribution >= 4 is 28.2 Å². The Bertz CT molecular complexity index is 452. The molecule has 20 heavy (non-hydrogen) atoms. The molecule has 0 atom stereocenters. The van der Waals surface area contributed by atoms with Crippen LogP contribution in [0.2, 0.25) is 0 Å². The highest BCUT2D eigenvalue weighted by Crippen LogP contribution is 2.28. The maximum absolute atomic E-state index is 12.3. The summed E-state index contributed by atoms with van der Waals surface area (Å²) >= 11 is 1.36. The molecule has 0 saturated carbocycles. The first-order valence-electron chi connectivity index (χ1n) is 7.18. The molecule has 0 spiro atoms. The first-order chi connectivity index (χ1) is 9.34. The summed E-state index contributed by atoms with van der Waals surface area (Å²) in [7, 11) is 0. The second kappa shape index (κ2) is 6.92. The lowest BCUT2D eigenvalue weighted by atomic mass is 9.99. The van der Waals surface area contributed by atoms with E-state index >= 15 is 0 Å². The van der Waals surface area contributed by atoms with Gasteiger partial charge in [-0.3, -0.25) is 4.79 Å². The van der Waals surface area contributed by atoms with E-state index in [4.69, 9.17) is 5.73 Å². The Hall–Kier alpha value is -1.30. The first-order valence-corrected chi connectivity index (χ1v) is 8.00. The van der Waals surface area contributed by atoms with Gasteiger partial charge in [0.1, 0.15) is 10.7 Å². The SMILES string of the molecule is CCCC(C)(C)NC(=O)c1sc(N(CC)CC)nc1N. The van der Waals surface area contributed by atoms with Crippen LogP contribution in [-0.2, 0) is 0 Å². The number of nitrogens with zero attached hydrogens (tertiary/aromatic N) is 2. The number of hydrogen-bond donors (Lipinski definition) is 2. The number of nitrogens with two attached hydrogens (primary N) is 1. The topological polar surface area (TPSA) is 71.2 Å². The fourth-order valence-electron chi connectivity index (χ4n) is 2.16. The van der Waals surface area contributed by atoms with Crippen LogP contribution in [0.25, 0.3) is 0 Å². The number of amides is 1. The molecule has 6 heteroatoms. The monoisotopic (exact) mass is 298 g/mol. The number of nitrogen functional groups attached to an aromatic ring is 1. The summed E-state index contributed by atoms with van der Waals surface area (Å²) in [6.07, 6.45) is 1.95. The molecule has 0 bridgehead atoms. The highest BCUT2D eigenvalue weighted by atomic mass is 32.1. The predicted octanol–water partition coefficient (Wildman–Crippen LogP) is 2.88. The maximum Gasteiger partial charge on any atom is 0.265 e. The molecule has 0 aliphatic rings. The normalized spacial score (nSPS) is 11.4. The molecule has 0 radical (unpaired) electrons. The van der Waals surface area contributed by atoms with Gasteiger partial charge in [-0.05, 0) is 34.1 Å². The van der Waals surface area contributed by atoms with E-state index in [1.165, 1.54) is 11.3 Å². The largest absolute Gasteiger partial charge is 0.382 e.